The van der Waals surface area contributed by atoms with Gasteiger partial charge in [-0.3, -0.25) is 4.79 Å². The van der Waals surface area contributed by atoms with E-state index in [0.717, 1.165) is 28.5 Å². The predicted octanol–water partition coefficient (Wildman–Crippen LogP) is 4.13. The largest absolute Gasteiger partial charge is 0.358 e. The van der Waals surface area contributed by atoms with Crippen LogP contribution in [0.2, 0.25) is 0 Å². The highest BCUT2D eigenvalue weighted by atomic mass is 79.9. The van der Waals surface area contributed by atoms with Gasteiger partial charge in [0.25, 0.3) is 5.91 Å². The predicted molar refractivity (Wildman–Crippen MR) is 90.9 cm³/mol. The molecule has 22 heavy (non-hydrogen) atoms. The molecular weight excluding hydrogens is 340 g/mol. The van der Waals surface area contributed by atoms with Gasteiger partial charge in [0.1, 0.15) is 0 Å². The van der Waals surface area contributed by atoms with Crippen LogP contribution in [0.3, 0.4) is 0 Å². The highest BCUT2D eigenvalue weighted by Gasteiger charge is 2.24. The Balaban J connectivity index is 1.68. The zero-order valence-electron chi connectivity index (χ0n) is 12.0. The van der Waals surface area contributed by atoms with Crippen LogP contribution in [0.1, 0.15) is 21.6 Å². The van der Waals surface area contributed by atoms with Crippen molar-refractivity contribution in [3.05, 3.63) is 69.8 Å². The summed E-state index contributed by atoms with van der Waals surface area (Å²) in [4.78, 5) is 18.1. The molecular formula is C18H15BrN2O. The second-order valence-corrected chi connectivity index (χ2v) is 6.53. The first-order valence-corrected chi connectivity index (χ1v) is 8.15. The number of carbonyl (C=O) groups is 1. The average molecular weight is 355 g/mol. The molecule has 0 saturated heterocycles. The number of carbonyl (C=O) groups excluding carboxylic acids is 1. The Morgan fingerprint density at radius 2 is 2.00 bits per heavy atom. The minimum absolute atomic E-state index is 0.0947. The van der Waals surface area contributed by atoms with E-state index in [1.165, 1.54) is 16.6 Å². The lowest BCUT2D eigenvalue weighted by atomic mass is 10.0. The van der Waals surface area contributed by atoms with E-state index in [1.54, 1.807) is 0 Å². The number of hydrogen-bond donors (Lipinski definition) is 1. The minimum Gasteiger partial charge on any atom is -0.358 e. The second-order valence-electron chi connectivity index (χ2n) is 5.61. The molecule has 0 atom stereocenters. The van der Waals surface area contributed by atoms with Gasteiger partial charge in [0.2, 0.25) is 0 Å². The first-order valence-electron chi connectivity index (χ1n) is 7.35. The van der Waals surface area contributed by atoms with E-state index in [4.69, 9.17) is 0 Å². The molecule has 4 rings (SSSR count). The zero-order valence-corrected chi connectivity index (χ0v) is 13.6. The Kier molecular flexibility index (Phi) is 3.26. The van der Waals surface area contributed by atoms with Crippen LogP contribution in [-0.2, 0) is 13.0 Å². The van der Waals surface area contributed by atoms with E-state index in [0.29, 0.717) is 6.54 Å². The molecule has 2 aromatic carbocycles. The van der Waals surface area contributed by atoms with Crippen LogP contribution in [0.4, 0.5) is 0 Å². The van der Waals surface area contributed by atoms with Gasteiger partial charge >= 0.3 is 0 Å². The molecule has 1 N–H and O–H groups in total. The number of halogens is 1. The molecule has 1 amide bonds. The molecule has 2 heterocycles. The normalized spacial score (nSPS) is 14.1. The molecule has 0 spiro atoms. The quantitative estimate of drug-likeness (QED) is 0.700. The number of amides is 1. The standard InChI is InChI=1S/C18H15BrN2O/c19-13-5-3-4-12(10-13)18(22)21-9-8-17-15(11-21)14-6-1-2-7-16(14)20-17/h1-7,10,20H,8-9,11H2. The van der Waals surface area contributed by atoms with Gasteiger partial charge in [-0.05, 0) is 24.3 Å². The number of para-hydroxylation sites is 1. The van der Waals surface area contributed by atoms with Crippen LogP contribution in [0.15, 0.2) is 53.0 Å². The number of nitrogens with one attached hydrogen (secondary N) is 1. The van der Waals surface area contributed by atoms with E-state index in [-0.39, 0.29) is 5.91 Å². The first-order chi connectivity index (χ1) is 10.7. The van der Waals surface area contributed by atoms with Crippen molar-refractivity contribution >= 4 is 32.7 Å². The van der Waals surface area contributed by atoms with Crippen molar-refractivity contribution < 1.29 is 4.79 Å². The van der Waals surface area contributed by atoms with Gasteiger partial charge in [-0.2, -0.15) is 0 Å². The molecule has 0 bridgehead atoms. The number of aromatic amines is 1. The fraction of sp³-hybridized carbons (Fsp3) is 0.167. The Hall–Kier alpha value is -2.07. The first kappa shape index (κ1) is 13.6. The smallest absolute Gasteiger partial charge is 0.254 e. The SMILES string of the molecule is O=C(c1cccc(Br)c1)N1CCc2[nH]c3ccccc3c2C1. The van der Waals surface area contributed by atoms with Gasteiger partial charge in [0.05, 0.1) is 0 Å². The number of hydrogen-bond acceptors (Lipinski definition) is 1. The summed E-state index contributed by atoms with van der Waals surface area (Å²) in [6.45, 7) is 1.43. The molecule has 3 aromatic rings. The van der Waals surface area contributed by atoms with Gasteiger partial charge < -0.3 is 9.88 Å². The van der Waals surface area contributed by atoms with Gasteiger partial charge in [-0.25, -0.2) is 0 Å². The van der Waals surface area contributed by atoms with Crippen molar-refractivity contribution in [2.45, 2.75) is 13.0 Å². The minimum atomic E-state index is 0.0947. The maximum atomic E-state index is 12.7. The summed E-state index contributed by atoms with van der Waals surface area (Å²) in [5.74, 6) is 0.0947. The monoisotopic (exact) mass is 354 g/mol. The molecule has 0 aliphatic carbocycles. The fourth-order valence-corrected chi connectivity index (χ4v) is 3.54. The van der Waals surface area contributed by atoms with E-state index >= 15 is 0 Å². The Morgan fingerprint density at radius 3 is 2.86 bits per heavy atom. The molecule has 1 aliphatic rings. The van der Waals surface area contributed by atoms with Crippen LogP contribution < -0.4 is 0 Å². The van der Waals surface area contributed by atoms with Crippen LogP contribution in [-0.4, -0.2) is 22.3 Å². The van der Waals surface area contributed by atoms with E-state index in [2.05, 4.69) is 33.0 Å². The highest BCUT2D eigenvalue weighted by molar-refractivity contribution is 9.10. The van der Waals surface area contributed by atoms with Crippen molar-refractivity contribution in [2.24, 2.45) is 0 Å². The summed E-state index contributed by atoms with van der Waals surface area (Å²) in [6.07, 6.45) is 0.879. The maximum absolute atomic E-state index is 12.7. The molecule has 0 unspecified atom stereocenters. The Bertz CT molecular complexity index is 868. The second kappa shape index (κ2) is 5.29. The van der Waals surface area contributed by atoms with Crippen molar-refractivity contribution in [1.29, 1.82) is 0 Å². The van der Waals surface area contributed by atoms with Gasteiger partial charge in [-0.1, -0.05) is 40.2 Å². The van der Waals surface area contributed by atoms with Crippen LogP contribution in [0.25, 0.3) is 10.9 Å². The third-order valence-corrected chi connectivity index (χ3v) is 4.73. The van der Waals surface area contributed by atoms with Gasteiger partial charge in [0, 0.05) is 51.7 Å². The summed E-state index contributed by atoms with van der Waals surface area (Å²) >= 11 is 3.43. The molecule has 1 aliphatic heterocycles. The fourth-order valence-electron chi connectivity index (χ4n) is 3.14. The van der Waals surface area contributed by atoms with Gasteiger partial charge in [0.15, 0.2) is 0 Å². The Labute approximate surface area is 137 Å². The molecule has 3 nitrogen and oxygen atoms in total. The lowest BCUT2D eigenvalue weighted by Crippen LogP contribution is -2.35. The molecule has 4 heteroatoms. The summed E-state index contributed by atoms with van der Waals surface area (Å²) in [6, 6.07) is 15.9. The number of rotatable bonds is 1. The Morgan fingerprint density at radius 1 is 1.14 bits per heavy atom. The molecule has 0 radical (unpaired) electrons. The van der Waals surface area contributed by atoms with Crippen molar-refractivity contribution in [1.82, 2.24) is 9.88 Å². The molecule has 110 valence electrons. The number of nitrogens with zero attached hydrogens (tertiary/aromatic N) is 1. The van der Waals surface area contributed by atoms with E-state index < -0.39 is 0 Å². The average Bonchev–Trinajstić information content (AvgIpc) is 2.92. The van der Waals surface area contributed by atoms with E-state index in [1.807, 2.05) is 41.3 Å². The van der Waals surface area contributed by atoms with E-state index in [9.17, 15) is 4.79 Å². The third-order valence-electron chi connectivity index (χ3n) is 4.24. The van der Waals surface area contributed by atoms with Crippen molar-refractivity contribution in [2.75, 3.05) is 6.54 Å². The lowest BCUT2D eigenvalue weighted by molar-refractivity contribution is 0.0735. The van der Waals surface area contributed by atoms with Gasteiger partial charge in [-0.15, -0.1) is 0 Å². The summed E-state index contributed by atoms with van der Waals surface area (Å²) < 4.78 is 0.933. The number of H-pyrrole nitrogens is 1. The van der Waals surface area contributed by atoms with Crippen molar-refractivity contribution in [3.8, 4) is 0 Å². The van der Waals surface area contributed by atoms with Crippen LogP contribution in [0, 0.1) is 0 Å². The number of aromatic nitrogens is 1. The molecule has 1 aromatic heterocycles. The molecule has 0 saturated carbocycles. The maximum Gasteiger partial charge on any atom is 0.254 e. The third kappa shape index (κ3) is 2.24. The summed E-state index contributed by atoms with van der Waals surface area (Å²) in [5, 5.41) is 1.23. The summed E-state index contributed by atoms with van der Waals surface area (Å²) in [5.41, 5.74) is 4.41. The molecule has 0 fully saturated rings. The number of fused-ring (bicyclic) bond motifs is 3. The topological polar surface area (TPSA) is 36.1 Å². The zero-order chi connectivity index (χ0) is 15.1. The number of benzene rings is 2. The lowest BCUT2D eigenvalue weighted by Gasteiger charge is -2.27. The van der Waals surface area contributed by atoms with Crippen LogP contribution in [0.5, 0.6) is 0 Å². The van der Waals surface area contributed by atoms with Crippen molar-refractivity contribution in [3.63, 3.8) is 0 Å². The van der Waals surface area contributed by atoms with Crippen LogP contribution >= 0.6 is 15.9 Å². The highest BCUT2D eigenvalue weighted by Crippen LogP contribution is 2.28. The summed E-state index contributed by atoms with van der Waals surface area (Å²) in [7, 11) is 0.